The molecule has 4 N–H and O–H groups in total. The summed E-state index contributed by atoms with van der Waals surface area (Å²) < 4.78 is 0. The highest BCUT2D eigenvalue weighted by Gasteiger charge is 2.39. The number of aliphatic hydroxyl groups is 3. The van der Waals surface area contributed by atoms with Crippen molar-refractivity contribution in [1.29, 1.82) is 0 Å². The quantitative estimate of drug-likeness (QED) is 0.436. The Morgan fingerprint density at radius 3 is 2.17 bits per heavy atom. The van der Waals surface area contributed by atoms with Gasteiger partial charge in [-0.1, -0.05) is 13.3 Å². The number of hydrogen-bond acceptors (Lipinski definition) is 4. The van der Waals surface area contributed by atoms with Crippen LogP contribution in [-0.4, -0.2) is 46.2 Å². The van der Waals surface area contributed by atoms with Crippen molar-refractivity contribution in [1.82, 2.24) is 5.32 Å². The Morgan fingerprint density at radius 1 is 1.17 bits per heavy atom. The van der Waals surface area contributed by atoms with E-state index in [1.807, 2.05) is 6.92 Å². The molecule has 1 fully saturated rings. The first-order chi connectivity index (χ1) is 5.70. The average molecular weight is 175 g/mol. The second-order valence-corrected chi connectivity index (χ2v) is 3.33. The monoisotopic (exact) mass is 175 g/mol. The first-order valence-electron chi connectivity index (χ1n) is 4.43. The van der Waals surface area contributed by atoms with E-state index in [9.17, 15) is 10.2 Å². The van der Waals surface area contributed by atoms with Gasteiger partial charge in [-0.05, 0) is 6.42 Å². The molecule has 4 atom stereocenters. The van der Waals surface area contributed by atoms with Gasteiger partial charge in [-0.25, -0.2) is 0 Å². The van der Waals surface area contributed by atoms with Crippen molar-refractivity contribution in [3.8, 4) is 0 Å². The van der Waals surface area contributed by atoms with Crippen LogP contribution in [0.4, 0.5) is 0 Å². The minimum atomic E-state index is -0.827. The van der Waals surface area contributed by atoms with Gasteiger partial charge in [-0.15, -0.1) is 0 Å². The Labute approximate surface area is 72.2 Å². The summed E-state index contributed by atoms with van der Waals surface area (Å²) in [6, 6.07) is -0.432. The lowest BCUT2D eigenvalue weighted by Gasteiger charge is -2.14. The lowest BCUT2D eigenvalue weighted by molar-refractivity contribution is 0.0188. The molecule has 4 nitrogen and oxygen atoms in total. The van der Waals surface area contributed by atoms with Crippen LogP contribution in [0, 0.1) is 0 Å². The van der Waals surface area contributed by atoms with Crippen molar-refractivity contribution in [3.63, 3.8) is 0 Å². The molecule has 0 spiro atoms. The summed E-state index contributed by atoms with van der Waals surface area (Å²) in [7, 11) is 0. The van der Waals surface area contributed by atoms with Gasteiger partial charge >= 0.3 is 0 Å². The molecule has 0 bridgehead atoms. The van der Waals surface area contributed by atoms with Gasteiger partial charge in [-0.3, -0.25) is 0 Å². The van der Waals surface area contributed by atoms with E-state index in [-0.39, 0.29) is 18.7 Å². The van der Waals surface area contributed by atoms with E-state index in [0.29, 0.717) is 0 Å². The zero-order valence-electron chi connectivity index (χ0n) is 7.27. The van der Waals surface area contributed by atoms with Gasteiger partial charge in [0.25, 0.3) is 0 Å². The molecule has 0 aromatic carbocycles. The smallest absolute Gasteiger partial charge is 0.0989 e. The highest BCUT2D eigenvalue weighted by Crippen LogP contribution is 2.17. The number of rotatable bonds is 3. The Balaban J connectivity index is 2.48. The third-order valence-corrected chi connectivity index (χ3v) is 2.40. The molecule has 1 rings (SSSR count). The van der Waals surface area contributed by atoms with Crippen molar-refractivity contribution < 1.29 is 15.3 Å². The zero-order chi connectivity index (χ0) is 9.14. The van der Waals surface area contributed by atoms with E-state index in [1.54, 1.807) is 0 Å². The van der Waals surface area contributed by atoms with Crippen molar-refractivity contribution in [2.75, 3.05) is 6.61 Å². The predicted molar refractivity (Wildman–Crippen MR) is 44.7 cm³/mol. The average Bonchev–Trinajstić information content (AvgIpc) is 2.33. The van der Waals surface area contributed by atoms with E-state index in [1.165, 1.54) is 0 Å². The highest BCUT2D eigenvalue weighted by molar-refractivity contribution is 4.97. The molecule has 0 amide bonds. The minimum absolute atomic E-state index is 0.0675. The van der Waals surface area contributed by atoms with Crippen LogP contribution in [0.1, 0.15) is 19.8 Å². The van der Waals surface area contributed by atoms with E-state index in [0.717, 1.165) is 12.8 Å². The fourth-order valence-corrected chi connectivity index (χ4v) is 1.67. The summed E-state index contributed by atoms with van der Waals surface area (Å²) >= 11 is 0. The van der Waals surface area contributed by atoms with E-state index >= 15 is 0 Å². The van der Waals surface area contributed by atoms with Crippen LogP contribution in [0.25, 0.3) is 0 Å². The van der Waals surface area contributed by atoms with Crippen LogP contribution in [0.2, 0.25) is 0 Å². The standard InChI is InChI=1S/C8H17NO3/c1-2-3-5-7(11)8(12)6(4-10)9-5/h5-12H,2-4H2,1H3/t5-,6+,7-,8+/m1/s1. The van der Waals surface area contributed by atoms with Crippen molar-refractivity contribution in [3.05, 3.63) is 0 Å². The number of nitrogens with one attached hydrogen (secondary N) is 1. The number of hydrogen-bond donors (Lipinski definition) is 4. The molecule has 0 radical (unpaired) electrons. The van der Waals surface area contributed by atoms with E-state index in [4.69, 9.17) is 5.11 Å². The Bertz CT molecular complexity index is 142. The molecule has 0 aliphatic carbocycles. The van der Waals surface area contributed by atoms with Crippen molar-refractivity contribution in [2.24, 2.45) is 0 Å². The maximum atomic E-state index is 9.47. The number of aliphatic hydroxyl groups excluding tert-OH is 3. The second-order valence-electron chi connectivity index (χ2n) is 3.33. The highest BCUT2D eigenvalue weighted by atomic mass is 16.3. The molecule has 1 saturated heterocycles. The molecule has 0 aromatic rings. The normalized spacial score (nSPS) is 42.0. The minimum Gasteiger partial charge on any atom is -0.395 e. The topological polar surface area (TPSA) is 72.7 Å². The van der Waals surface area contributed by atoms with Gasteiger partial charge in [-0.2, -0.15) is 0 Å². The maximum Gasteiger partial charge on any atom is 0.0989 e. The molecular formula is C8H17NO3. The zero-order valence-corrected chi connectivity index (χ0v) is 7.27. The Kier molecular flexibility index (Phi) is 3.46. The molecular weight excluding hydrogens is 158 g/mol. The van der Waals surface area contributed by atoms with Crippen LogP contribution >= 0.6 is 0 Å². The fourth-order valence-electron chi connectivity index (χ4n) is 1.67. The molecule has 4 heteroatoms. The lowest BCUT2D eigenvalue weighted by atomic mass is 10.1. The summed E-state index contributed by atoms with van der Waals surface area (Å²) in [6.45, 7) is 1.89. The predicted octanol–water partition coefficient (Wildman–Crippen LogP) is -1.16. The van der Waals surface area contributed by atoms with Gasteiger partial charge in [0.15, 0.2) is 0 Å². The molecule has 12 heavy (non-hydrogen) atoms. The lowest BCUT2D eigenvalue weighted by Crippen LogP contribution is -2.36. The van der Waals surface area contributed by atoms with Gasteiger partial charge in [0.05, 0.1) is 24.9 Å². The molecule has 0 aromatic heterocycles. The largest absolute Gasteiger partial charge is 0.395 e. The Hall–Kier alpha value is -0.160. The third-order valence-electron chi connectivity index (χ3n) is 2.40. The van der Waals surface area contributed by atoms with Gasteiger partial charge in [0.2, 0.25) is 0 Å². The molecule has 72 valence electrons. The molecule has 1 aliphatic heterocycles. The van der Waals surface area contributed by atoms with Crippen LogP contribution in [0.15, 0.2) is 0 Å². The van der Waals surface area contributed by atoms with Gasteiger partial charge in [0, 0.05) is 6.04 Å². The van der Waals surface area contributed by atoms with Crippen LogP contribution in [-0.2, 0) is 0 Å². The molecule has 1 aliphatic rings. The van der Waals surface area contributed by atoms with Crippen molar-refractivity contribution in [2.45, 2.75) is 44.1 Å². The molecule has 0 unspecified atom stereocenters. The van der Waals surface area contributed by atoms with Gasteiger partial charge in [0.1, 0.15) is 0 Å². The van der Waals surface area contributed by atoms with Crippen molar-refractivity contribution >= 4 is 0 Å². The summed E-state index contributed by atoms with van der Waals surface area (Å²) in [6.07, 6.45) is 0.225. The summed E-state index contributed by atoms with van der Waals surface area (Å²) in [4.78, 5) is 0. The summed E-state index contributed by atoms with van der Waals surface area (Å²) in [5.41, 5.74) is 0. The maximum absolute atomic E-state index is 9.47. The van der Waals surface area contributed by atoms with Crippen LogP contribution < -0.4 is 5.32 Å². The van der Waals surface area contributed by atoms with E-state index < -0.39 is 12.2 Å². The fraction of sp³-hybridized carbons (Fsp3) is 1.00. The summed E-state index contributed by atoms with van der Waals surface area (Å²) in [5.74, 6) is 0. The Morgan fingerprint density at radius 2 is 1.75 bits per heavy atom. The molecule has 0 saturated carbocycles. The first kappa shape index (κ1) is 9.92. The summed E-state index contributed by atoms with van der Waals surface area (Å²) in [5, 5.41) is 30.6. The third kappa shape index (κ3) is 1.77. The van der Waals surface area contributed by atoms with Gasteiger partial charge < -0.3 is 20.6 Å². The molecule has 1 heterocycles. The van der Waals surface area contributed by atoms with Crippen LogP contribution in [0.3, 0.4) is 0 Å². The second kappa shape index (κ2) is 4.18. The SMILES string of the molecule is CCC[C@H]1N[C@@H](CO)[C@H](O)[C@@H]1O. The first-order valence-corrected chi connectivity index (χ1v) is 4.43. The van der Waals surface area contributed by atoms with E-state index in [2.05, 4.69) is 5.32 Å². The van der Waals surface area contributed by atoms with Crippen LogP contribution in [0.5, 0.6) is 0 Å².